The summed E-state index contributed by atoms with van der Waals surface area (Å²) in [5.41, 5.74) is 4.09. The molecule has 0 radical (unpaired) electrons. The summed E-state index contributed by atoms with van der Waals surface area (Å²) >= 11 is 6.06. The van der Waals surface area contributed by atoms with E-state index < -0.39 is 27.7 Å². The number of nitrogens with one attached hydrogen (secondary N) is 3. The van der Waals surface area contributed by atoms with Crippen LogP contribution in [0, 0.1) is 5.82 Å². The van der Waals surface area contributed by atoms with E-state index in [1.54, 1.807) is 12.1 Å². The lowest BCUT2D eigenvalue weighted by Gasteiger charge is -2.12. The molecular formula is C22H19ClFN3O5S. The van der Waals surface area contributed by atoms with Gasteiger partial charge in [0.2, 0.25) is 0 Å². The highest BCUT2D eigenvalue weighted by Gasteiger charge is 2.21. The maximum atomic E-state index is 13.7. The van der Waals surface area contributed by atoms with Crippen LogP contribution < -0.4 is 20.3 Å². The fourth-order valence-electron chi connectivity index (χ4n) is 2.74. The number of rotatable bonds is 7. The van der Waals surface area contributed by atoms with Crippen LogP contribution in [0.5, 0.6) is 5.75 Å². The summed E-state index contributed by atoms with van der Waals surface area (Å²) in [7, 11) is -4.14. The zero-order valence-electron chi connectivity index (χ0n) is 17.3. The summed E-state index contributed by atoms with van der Waals surface area (Å²) in [6.45, 7) is 2.30. The lowest BCUT2D eigenvalue weighted by molar-refractivity contribution is 0.0844. The summed E-state index contributed by atoms with van der Waals surface area (Å²) in [6, 6.07) is 15.1. The minimum atomic E-state index is -4.14. The fraction of sp³-hybridized carbons (Fsp3) is 0.0909. The zero-order chi connectivity index (χ0) is 24.0. The van der Waals surface area contributed by atoms with Crippen molar-refractivity contribution in [1.82, 2.24) is 10.9 Å². The topological polar surface area (TPSA) is 114 Å². The highest BCUT2D eigenvalue weighted by Crippen LogP contribution is 2.26. The van der Waals surface area contributed by atoms with Gasteiger partial charge in [0.05, 0.1) is 17.2 Å². The van der Waals surface area contributed by atoms with Crippen LogP contribution in [0.15, 0.2) is 71.6 Å². The Labute approximate surface area is 194 Å². The van der Waals surface area contributed by atoms with Gasteiger partial charge in [-0.3, -0.25) is 25.2 Å². The Bertz CT molecular complexity index is 1280. The monoisotopic (exact) mass is 491 g/mol. The fourth-order valence-corrected chi connectivity index (χ4v) is 4.33. The molecular weight excluding hydrogens is 473 g/mol. The molecule has 33 heavy (non-hydrogen) atoms. The van der Waals surface area contributed by atoms with Gasteiger partial charge in [0.15, 0.2) is 0 Å². The Morgan fingerprint density at radius 3 is 2.30 bits per heavy atom. The second kappa shape index (κ2) is 10.3. The lowest BCUT2D eigenvalue weighted by atomic mass is 10.2. The standard InChI is InChI=1S/C22H19ClFN3O5S/c1-2-32-16-10-8-15(9-11-16)27-33(30,31)20-13-14(7-12-18(20)23)21(28)25-26-22(29)17-5-3-4-6-19(17)24/h3-13,27H,2H2,1H3,(H,25,28)(H,26,29). The maximum Gasteiger partial charge on any atom is 0.272 e. The van der Waals surface area contributed by atoms with Gasteiger partial charge in [-0.25, -0.2) is 12.8 Å². The molecule has 0 atom stereocenters. The van der Waals surface area contributed by atoms with Gasteiger partial charge in [0.25, 0.3) is 21.8 Å². The van der Waals surface area contributed by atoms with Crippen LogP contribution in [-0.2, 0) is 10.0 Å². The van der Waals surface area contributed by atoms with Gasteiger partial charge < -0.3 is 4.74 Å². The Morgan fingerprint density at radius 1 is 0.970 bits per heavy atom. The third-order valence-corrected chi connectivity index (χ3v) is 6.17. The number of hydrazine groups is 1. The molecule has 11 heteroatoms. The molecule has 3 rings (SSSR count). The van der Waals surface area contributed by atoms with E-state index in [1.165, 1.54) is 42.5 Å². The largest absolute Gasteiger partial charge is 0.494 e. The number of benzene rings is 3. The van der Waals surface area contributed by atoms with Crippen LogP contribution in [0.2, 0.25) is 5.02 Å². The van der Waals surface area contributed by atoms with Crippen LogP contribution in [0.1, 0.15) is 27.6 Å². The molecule has 0 aliphatic rings. The van der Waals surface area contributed by atoms with Crippen molar-refractivity contribution in [1.29, 1.82) is 0 Å². The smallest absolute Gasteiger partial charge is 0.272 e. The molecule has 0 saturated carbocycles. The van der Waals surface area contributed by atoms with Crippen LogP contribution in [-0.4, -0.2) is 26.8 Å². The minimum absolute atomic E-state index is 0.0969. The number of ether oxygens (including phenoxy) is 1. The summed E-state index contributed by atoms with van der Waals surface area (Å²) in [6.07, 6.45) is 0. The summed E-state index contributed by atoms with van der Waals surface area (Å²) in [5, 5.41) is -0.111. The molecule has 0 aliphatic heterocycles. The van der Waals surface area contributed by atoms with Crippen molar-refractivity contribution >= 4 is 39.1 Å². The Kier molecular flexibility index (Phi) is 7.52. The number of halogens is 2. The highest BCUT2D eigenvalue weighted by atomic mass is 35.5. The molecule has 0 unspecified atom stereocenters. The number of hydrogen-bond donors (Lipinski definition) is 3. The molecule has 0 spiro atoms. The summed E-state index contributed by atoms with van der Waals surface area (Å²) in [4.78, 5) is 24.1. The van der Waals surface area contributed by atoms with Crippen molar-refractivity contribution < 1.29 is 27.1 Å². The summed E-state index contributed by atoms with van der Waals surface area (Å²) < 4.78 is 47.0. The van der Waals surface area contributed by atoms with Crippen LogP contribution in [0.3, 0.4) is 0 Å². The molecule has 0 fully saturated rings. The first-order valence-electron chi connectivity index (χ1n) is 9.61. The average molecular weight is 492 g/mol. The van der Waals surface area contributed by atoms with E-state index in [2.05, 4.69) is 15.6 Å². The molecule has 0 saturated heterocycles. The molecule has 8 nitrogen and oxygen atoms in total. The second-order valence-corrected chi connectivity index (χ2v) is 8.65. The Balaban J connectivity index is 1.74. The molecule has 0 aromatic heterocycles. The van der Waals surface area contributed by atoms with Crippen molar-refractivity contribution in [2.45, 2.75) is 11.8 Å². The van der Waals surface area contributed by atoms with Gasteiger partial charge in [-0.15, -0.1) is 0 Å². The number of carbonyl (C=O) groups excluding carboxylic acids is 2. The van der Waals surface area contributed by atoms with Crippen LogP contribution in [0.4, 0.5) is 10.1 Å². The molecule has 3 N–H and O–H groups in total. The van der Waals surface area contributed by atoms with E-state index in [0.717, 1.165) is 12.1 Å². The van der Waals surface area contributed by atoms with Crippen molar-refractivity contribution in [2.75, 3.05) is 11.3 Å². The normalized spacial score (nSPS) is 10.9. The number of anilines is 1. The molecule has 0 bridgehead atoms. The van der Waals surface area contributed by atoms with E-state index in [9.17, 15) is 22.4 Å². The number of amides is 2. The first-order chi connectivity index (χ1) is 15.7. The van der Waals surface area contributed by atoms with Crippen LogP contribution in [0.25, 0.3) is 0 Å². The number of carbonyl (C=O) groups is 2. The molecule has 0 heterocycles. The van der Waals surface area contributed by atoms with Crippen molar-refractivity contribution in [2.24, 2.45) is 0 Å². The molecule has 2 amide bonds. The minimum Gasteiger partial charge on any atom is -0.494 e. The van der Waals surface area contributed by atoms with Gasteiger partial charge >= 0.3 is 0 Å². The van der Waals surface area contributed by atoms with Gasteiger partial charge in [-0.1, -0.05) is 23.7 Å². The number of sulfonamides is 1. The van der Waals surface area contributed by atoms with Gasteiger partial charge in [-0.2, -0.15) is 0 Å². The van der Waals surface area contributed by atoms with Crippen molar-refractivity contribution in [3.63, 3.8) is 0 Å². The Morgan fingerprint density at radius 2 is 1.64 bits per heavy atom. The molecule has 3 aromatic carbocycles. The van der Waals surface area contributed by atoms with E-state index in [-0.39, 0.29) is 26.7 Å². The van der Waals surface area contributed by atoms with E-state index in [4.69, 9.17) is 16.3 Å². The van der Waals surface area contributed by atoms with E-state index in [1.807, 2.05) is 6.92 Å². The van der Waals surface area contributed by atoms with Gasteiger partial charge in [0, 0.05) is 11.3 Å². The molecule has 3 aromatic rings. The second-order valence-electron chi connectivity index (χ2n) is 6.60. The van der Waals surface area contributed by atoms with Crippen LogP contribution >= 0.6 is 11.6 Å². The first-order valence-corrected chi connectivity index (χ1v) is 11.5. The third kappa shape index (κ3) is 5.99. The van der Waals surface area contributed by atoms with Gasteiger partial charge in [-0.05, 0) is 61.5 Å². The van der Waals surface area contributed by atoms with Crippen molar-refractivity contribution in [3.8, 4) is 5.75 Å². The molecule has 0 aliphatic carbocycles. The Hall–Kier alpha value is -3.63. The average Bonchev–Trinajstić information content (AvgIpc) is 2.79. The number of hydrogen-bond acceptors (Lipinski definition) is 5. The third-order valence-electron chi connectivity index (χ3n) is 4.31. The predicted molar refractivity (Wildman–Crippen MR) is 121 cm³/mol. The zero-order valence-corrected chi connectivity index (χ0v) is 18.8. The van der Waals surface area contributed by atoms with E-state index in [0.29, 0.717) is 12.4 Å². The summed E-state index contributed by atoms with van der Waals surface area (Å²) in [5.74, 6) is -1.88. The van der Waals surface area contributed by atoms with E-state index >= 15 is 0 Å². The van der Waals surface area contributed by atoms with Crippen molar-refractivity contribution in [3.05, 3.63) is 88.7 Å². The first kappa shape index (κ1) is 24.0. The quantitative estimate of drug-likeness (QED) is 0.435. The van der Waals surface area contributed by atoms with Gasteiger partial charge in [0.1, 0.15) is 16.5 Å². The predicted octanol–water partition coefficient (Wildman–Crippen LogP) is 3.75. The lowest BCUT2D eigenvalue weighted by Crippen LogP contribution is -2.42. The molecule has 172 valence electrons. The maximum absolute atomic E-state index is 13.7. The highest BCUT2D eigenvalue weighted by molar-refractivity contribution is 7.92. The SMILES string of the molecule is CCOc1ccc(NS(=O)(=O)c2cc(C(=O)NNC(=O)c3ccccc3F)ccc2Cl)cc1.